The van der Waals surface area contributed by atoms with Crippen molar-refractivity contribution in [3.8, 4) is 0 Å². The van der Waals surface area contributed by atoms with Crippen molar-refractivity contribution < 1.29 is 9.84 Å². The van der Waals surface area contributed by atoms with Gasteiger partial charge in [0.2, 0.25) is 0 Å². The zero-order valence-electron chi connectivity index (χ0n) is 8.08. The fraction of sp³-hybridized carbons (Fsp3) is 0.778. The highest BCUT2D eigenvalue weighted by Gasteiger charge is 2.51. The Labute approximate surface area is 75.3 Å². The van der Waals surface area contributed by atoms with E-state index in [0.717, 1.165) is 0 Å². The van der Waals surface area contributed by atoms with Crippen LogP contribution >= 0.6 is 0 Å². The van der Waals surface area contributed by atoms with Gasteiger partial charge in [-0.3, -0.25) is 0 Å². The first-order valence-corrected chi connectivity index (χ1v) is 7.99. The molecule has 1 fully saturated rings. The summed E-state index contributed by atoms with van der Waals surface area (Å²) < 4.78 is 5.46. The maximum atomic E-state index is 9.55. The van der Waals surface area contributed by atoms with Crippen LogP contribution in [0.4, 0.5) is 0 Å². The van der Waals surface area contributed by atoms with E-state index in [2.05, 4.69) is 26.2 Å². The Kier molecular flexibility index (Phi) is 2.76. The maximum Gasteiger partial charge on any atom is 0.107 e. The SMILES string of the molecule is C=CC[C@H](O)[C@@H]1O[C@H]1[Si](C)(C)C. The van der Waals surface area contributed by atoms with Crippen molar-refractivity contribution in [3.63, 3.8) is 0 Å². The third kappa shape index (κ3) is 2.18. The second-order valence-electron chi connectivity index (χ2n) is 4.48. The van der Waals surface area contributed by atoms with Gasteiger partial charge in [0.05, 0.1) is 19.9 Å². The molecule has 0 aromatic heterocycles. The van der Waals surface area contributed by atoms with E-state index < -0.39 is 8.07 Å². The molecule has 0 aliphatic carbocycles. The highest BCUT2D eigenvalue weighted by molar-refractivity contribution is 6.78. The molecule has 0 bridgehead atoms. The van der Waals surface area contributed by atoms with Crippen molar-refractivity contribution in [2.24, 2.45) is 0 Å². The molecule has 1 aliphatic rings. The largest absolute Gasteiger partial charge is 0.390 e. The summed E-state index contributed by atoms with van der Waals surface area (Å²) in [6.45, 7) is 10.4. The Hall–Kier alpha value is -0.123. The summed E-state index contributed by atoms with van der Waals surface area (Å²) in [6.07, 6.45) is 2.15. The van der Waals surface area contributed by atoms with E-state index in [1.165, 1.54) is 0 Å². The topological polar surface area (TPSA) is 32.8 Å². The fourth-order valence-corrected chi connectivity index (χ4v) is 3.19. The van der Waals surface area contributed by atoms with Crippen molar-refractivity contribution in [2.75, 3.05) is 0 Å². The van der Waals surface area contributed by atoms with Crippen molar-refractivity contribution >= 4 is 8.07 Å². The van der Waals surface area contributed by atoms with E-state index in [1.54, 1.807) is 6.08 Å². The van der Waals surface area contributed by atoms with Crippen LogP contribution in [0.2, 0.25) is 19.6 Å². The fourth-order valence-electron chi connectivity index (χ4n) is 1.42. The molecule has 12 heavy (non-hydrogen) atoms. The van der Waals surface area contributed by atoms with E-state index in [4.69, 9.17) is 4.74 Å². The summed E-state index contributed by atoms with van der Waals surface area (Å²) in [6, 6.07) is 0. The Morgan fingerprint density at radius 1 is 1.58 bits per heavy atom. The second kappa shape index (κ2) is 3.32. The Balaban J connectivity index is 2.37. The van der Waals surface area contributed by atoms with Crippen molar-refractivity contribution in [1.82, 2.24) is 0 Å². The van der Waals surface area contributed by atoms with Crippen LogP contribution in [0.1, 0.15) is 6.42 Å². The first-order chi connectivity index (χ1) is 5.46. The highest BCUT2D eigenvalue weighted by atomic mass is 28.3. The summed E-state index contributed by atoms with van der Waals surface area (Å²) in [5.74, 6) is 0. The van der Waals surface area contributed by atoms with E-state index >= 15 is 0 Å². The molecular formula is C9H18O2Si. The number of hydrogen-bond donors (Lipinski definition) is 1. The molecule has 1 aliphatic heterocycles. The lowest BCUT2D eigenvalue weighted by atomic mass is 10.2. The van der Waals surface area contributed by atoms with Crippen LogP contribution in [0.15, 0.2) is 12.7 Å². The lowest BCUT2D eigenvalue weighted by Gasteiger charge is -2.12. The predicted molar refractivity (Wildman–Crippen MR) is 52.8 cm³/mol. The molecule has 0 saturated carbocycles. The number of hydrogen-bond acceptors (Lipinski definition) is 2. The quantitative estimate of drug-likeness (QED) is 0.411. The summed E-state index contributed by atoms with van der Waals surface area (Å²) in [4.78, 5) is 0. The molecule has 70 valence electrons. The van der Waals surface area contributed by atoms with Crippen LogP contribution in [0.3, 0.4) is 0 Å². The molecule has 1 heterocycles. The summed E-state index contributed by atoms with van der Waals surface area (Å²) in [5, 5.41) is 9.55. The van der Waals surface area contributed by atoms with Crippen LogP contribution in [-0.2, 0) is 4.74 Å². The summed E-state index contributed by atoms with van der Waals surface area (Å²) >= 11 is 0. The monoisotopic (exact) mass is 186 g/mol. The number of epoxide rings is 1. The van der Waals surface area contributed by atoms with Crippen LogP contribution in [0.25, 0.3) is 0 Å². The van der Waals surface area contributed by atoms with Crippen LogP contribution < -0.4 is 0 Å². The maximum absolute atomic E-state index is 9.55. The minimum Gasteiger partial charge on any atom is -0.390 e. The average Bonchev–Trinajstić information content (AvgIpc) is 2.62. The third-order valence-corrected chi connectivity index (χ3v) is 4.34. The number of aliphatic hydroxyl groups excluding tert-OH is 1. The Bertz CT molecular complexity index is 174. The summed E-state index contributed by atoms with van der Waals surface area (Å²) in [7, 11) is -1.19. The molecule has 1 saturated heterocycles. The smallest absolute Gasteiger partial charge is 0.107 e. The molecule has 3 heteroatoms. The highest BCUT2D eigenvalue weighted by Crippen LogP contribution is 2.34. The minimum absolute atomic E-state index is 0.0923. The average molecular weight is 186 g/mol. The van der Waals surface area contributed by atoms with Gasteiger partial charge in [0, 0.05) is 0 Å². The van der Waals surface area contributed by atoms with E-state index in [-0.39, 0.29) is 12.2 Å². The molecule has 0 radical (unpaired) electrons. The van der Waals surface area contributed by atoms with Gasteiger partial charge < -0.3 is 9.84 Å². The van der Waals surface area contributed by atoms with E-state index in [0.29, 0.717) is 12.1 Å². The van der Waals surface area contributed by atoms with Crippen LogP contribution in [0.5, 0.6) is 0 Å². The van der Waals surface area contributed by atoms with Crippen molar-refractivity contribution in [3.05, 3.63) is 12.7 Å². The van der Waals surface area contributed by atoms with Gasteiger partial charge in [0.15, 0.2) is 0 Å². The normalized spacial score (nSPS) is 31.3. The Morgan fingerprint density at radius 3 is 2.50 bits per heavy atom. The zero-order valence-corrected chi connectivity index (χ0v) is 9.08. The molecule has 1 rings (SSSR count). The molecule has 2 nitrogen and oxygen atoms in total. The molecule has 3 atom stereocenters. The van der Waals surface area contributed by atoms with Gasteiger partial charge in [-0.15, -0.1) is 6.58 Å². The van der Waals surface area contributed by atoms with Gasteiger partial charge in [-0.25, -0.2) is 0 Å². The van der Waals surface area contributed by atoms with Gasteiger partial charge in [-0.1, -0.05) is 25.7 Å². The third-order valence-electron chi connectivity index (χ3n) is 2.17. The van der Waals surface area contributed by atoms with Crippen LogP contribution in [0, 0.1) is 0 Å². The second-order valence-corrected chi connectivity index (χ2v) is 9.78. The number of ether oxygens (including phenoxy) is 1. The van der Waals surface area contributed by atoms with Gasteiger partial charge in [0.25, 0.3) is 0 Å². The van der Waals surface area contributed by atoms with Crippen molar-refractivity contribution in [1.29, 1.82) is 0 Å². The van der Waals surface area contributed by atoms with Crippen LogP contribution in [-0.4, -0.2) is 31.1 Å². The lowest BCUT2D eigenvalue weighted by molar-refractivity contribution is 0.138. The van der Waals surface area contributed by atoms with Gasteiger partial charge >= 0.3 is 0 Å². The molecule has 0 aromatic rings. The predicted octanol–water partition coefficient (Wildman–Crippen LogP) is 1.57. The number of aliphatic hydroxyl groups is 1. The molecular weight excluding hydrogens is 168 g/mol. The standard InChI is InChI=1S/C9H18O2Si/c1-5-6-7(10)8-9(11-8)12(2,3)4/h5,7-10H,1,6H2,2-4H3/t7-,8-,9-/m0/s1. The minimum atomic E-state index is -1.19. The summed E-state index contributed by atoms with van der Waals surface area (Å²) in [5.41, 5.74) is 0.354. The van der Waals surface area contributed by atoms with Crippen molar-refractivity contribution in [2.45, 2.75) is 44.0 Å². The van der Waals surface area contributed by atoms with E-state index in [9.17, 15) is 5.11 Å². The molecule has 0 aromatic carbocycles. The lowest BCUT2D eigenvalue weighted by Crippen LogP contribution is -2.33. The zero-order chi connectivity index (χ0) is 9.35. The molecule has 0 spiro atoms. The molecule has 0 amide bonds. The van der Waals surface area contributed by atoms with E-state index in [1.807, 2.05) is 0 Å². The first kappa shape index (κ1) is 9.96. The Morgan fingerprint density at radius 2 is 2.17 bits per heavy atom. The molecule has 0 unspecified atom stereocenters. The van der Waals surface area contributed by atoms with Gasteiger partial charge in [0.1, 0.15) is 6.10 Å². The number of rotatable bonds is 4. The van der Waals surface area contributed by atoms with Gasteiger partial charge in [-0.2, -0.15) is 0 Å². The first-order valence-electron chi connectivity index (χ1n) is 4.41. The molecule has 1 N–H and O–H groups in total. The van der Waals surface area contributed by atoms with Gasteiger partial charge in [-0.05, 0) is 6.42 Å².